The molecule has 94 valence electrons. The van der Waals surface area contributed by atoms with E-state index >= 15 is 0 Å². The predicted octanol–water partition coefficient (Wildman–Crippen LogP) is 1.24. The predicted molar refractivity (Wildman–Crippen MR) is 62.1 cm³/mol. The number of carbonyl (C=O) groups is 2. The lowest BCUT2D eigenvalue weighted by Crippen LogP contribution is -2.43. The molecule has 0 heterocycles. The van der Waals surface area contributed by atoms with Gasteiger partial charge in [-0.1, -0.05) is 13.8 Å². The van der Waals surface area contributed by atoms with E-state index in [-0.39, 0.29) is 12.6 Å². The molecule has 0 bridgehead atoms. The van der Waals surface area contributed by atoms with Gasteiger partial charge in [0.05, 0.1) is 6.61 Å². The lowest BCUT2D eigenvalue weighted by Gasteiger charge is -2.22. The van der Waals surface area contributed by atoms with Gasteiger partial charge in [0, 0.05) is 13.1 Å². The highest BCUT2D eigenvalue weighted by atomic mass is 16.5. The Morgan fingerprint density at radius 1 is 1.31 bits per heavy atom. The van der Waals surface area contributed by atoms with E-state index in [0.29, 0.717) is 25.6 Å². The van der Waals surface area contributed by atoms with Crippen LogP contribution >= 0.6 is 0 Å². The van der Waals surface area contributed by atoms with Crippen LogP contribution in [0.4, 0.5) is 4.79 Å². The molecular weight excluding hydrogens is 208 g/mol. The van der Waals surface area contributed by atoms with Gasteiger partial charge in [0.25, 0.3) is 0 Å². The fourth-order valence-electron chi connectivity index (χ4n) is 1.27. The van der Waals surface area contributed by atoms with Crippen molar-refractivity contribution >= 4 is 12.0 Å². The molecule has 0 atom stereocenters. The first-order valence-electron chi connectivity index (χ1n) is 5.69. The Balaban J connectivity index is 3.97. The second-order valence-electron chi connectivity index (χ2n) is 3.90. The lowest BCUT2D eigenvalue weighted by atomic mass is 10.2. The van der Waals surface area contributed by atoms with E-state index in [9.17, 15) is 9.59 Å². The summed E-state index contributed by atoms with van der Waals surface area (Å²) in [5, 5.41) is 2.54. The number of rotatable bonds is 6. The van der Waals surface area contributed by atoms with Crippen molar-refractivity contribution in [1.29, 1.82) is 0 Å². The van der Waals surface area contributed by atoms with Gasteiger partial charge < -0.3 is 15.0 Å². The van der Waals surface area contributed by atoms with Crippen LogP contribution in [0, 0.1) is 5.92 Å². The van der Waals surface area contributed by atoms with Crippen molar-refractivity contribution in [2.45, 2.75) is 27.7 Å². The zero-order valence-electron chi connectivity index (χ0n) is 10.6. The molecule has 2 amide bonds. The van der Waals surface area contributed by atoms with Gasteiger partial charge in [-0.3, -0.25) is 4.79 Å². The molecule has 0 aromatic rings. The third-order valence-electron chi connectivity index (χ3n) is 1.94. The average Bonchev–Trinajstić information content (AvgIpc) is 2.22. The maximum absolute atomic E-state index is 11.6. The van der Waals surface area contributed by atoms with Crippen molar-refractivity contribution in [3.63, 3.8) is 0 Å². The van der Waals surface area contributed by atoms with Crippen molar-refractivity contribution in [1.82, 2.24) is 10.2 Å². The summed E-state index contributed by atoms with van der Waals surface area (Å²) in [5.74, 6) is 0.00439. The molecule has 0 radical (unpaired) electrons. The molecule has 0 unspecified atom stereocenters. The molecule has 0 saturated carbocycles. The second-order valence-corrected chi connectivity index (χ2v) is 3.90. The first kappa shape index (κ1) is 14.7. The highest BCUT2D eigenvalue weighted by molar-refractivity contribution is 5.80. The fraction of sp³-hybridized carbons (Fsp3) is 0.818. The van der Waals surface area contributed by atoms with Crippen molar-refractivity contribution < 1.29 is 14.3 Å². The van der Waals surface area contributed by atoms with Crippen molar-refractivity contribution in [3.05, 3.63) is 0 Å². The molecule has 0 saturated heterocycles. The van der Waals surface area contributed by atoms with E-state index in [4.69, 9.17) is 4.74 Å². The normalized spacial score (nSPS) is 10.1. The topological polar surface area (TPSA) is 58.6 Å². The van der Waals surface area contributed by atoms with E-state index in [1.807, 2.05) is 20.8 Å². The smallest absolute Gasteiger partial charge is 0.325 e. The third kappa shape index (κ3) is 6.27. The molecule has 0 fully saturated rings. The number of hydrogen-bond donors (Lipinski definition) is 1. The summed E-state index contributed by atoms with van der Waals surface area (Å²) in [4.78, 5) is 24.3. The summed E-state index contributed by atoms with van der Waals surface area (Å²) >= 11 is 0. The SMILES string of the molecule is CCOC(=O)CNC(=O)N(CC)CC(C)C. The minimum atomic E-state index is -0.406. The largest absolute Gasteiger partial charge is 0.465 e. The van der Waals surface area contributed by atoms with Crippen LogP contribution in [0.1, 0.15) is 27.7 Å². The fourth-order valence-corrected chi connectivity index (χ4v) is 1.27. The Morgan fingerprint density at radius 2 is 1.94 bits per heavy atom. The number of hydrogen-bond acceptors (Lipinski definition) is 3. The Labute approximate surface area is 97.1 Å². The number of esters is 1. The Hall–Kier alpha value is -1.26. The van der Waals surface area contributed by atoms with Gasteiger partial charge in [0.15, 0.2) is 0 Å². The summed E-state index contributed by atoms with van der Waals surface area (Å²) in [5.41, 5.74) is 0. The molecule has 0 aliphatic heterocycles. The van der Waals surface area contributed by atoms with Crippen LogP contribution in [0.2, 0.25) is 0 Å². The summed E-state index contributed by atoms with van der Waals surface area (Å²) in [6, 6.07) is -0.218. The third-order valence-corrected chi connectivity index (χ3v) is 1.94. The standard InChI is InChI=1S/C11H22N2O3/c1-5-13(8-9(3)4)11(15)12-7-10(14)16-6-2/h9H,5-8H2,1-4H3,(H,12,15). The summed E-state index contributed by atoms with van der Waals surface area (Å²) in [7, 11) is 0. The monoisotopic (exact) mass is 230 g/mol. The van der Waals surface area contributed by atoms with Crippen LogP contribution < -0.4 is 5.32 Å². The van der Waals surface area contributed by atoms with Gasteiger partial charge >= 0.3 is 12.0 Å². The highest BCUT2D eigenvalue weighted by Gasteiger charge is 2.13. The molecule has 0 aliphatic rings. The van der Waals surface area contributed by atoms with Crippen LogP contribution in [-0.2, 0) is 9.53 Å². The molecule has 1 N–H and O–H groups in total. The summed E-state index contributed by atoms with van der Waals surface area (Å²) in [6.45, 7) is 9.31. The Kier molecular flexibility index (Phi) is 7.33. The maximum atomic E-state index is 11.6. The van der Waals surface area contributed by atoms with Crippen molar-refractivity contribution in [2.24, 2.45) is 5.92 Å². The average molecular weight is 230 g/mol. The lowest BCUT2D eigenvalue weighted by molar-refractivity contribution is -0.141. The summed E-state index contributed by atoms with van der Waals surface area (Å²) < 4.78 is 4.71. The van der Waals surface area contributed by atoms with Gasteiger partial charge in [-0.15, -0.1) is 0 Å². The van der Waals surface area contributed by atoms with Crippen LogP contribution in [0.25, 0.3) is 0 Å². The number of amides is 2. The number of carbonyl (C=O) groups excluding carboxylic acids is 2. The first-order chi connectivity index (χ1) is 7.51. The van der Waals surface area contributed by atoms with Crippen molar-refractivity contribution in [2.75, 3.05) is 26.2 Å². The number of ether oxygens (including phenoxy) is 1. The first-order valence-corrected chi connectivity index (χ1v) is 5.69. The number of nitrogens with one attached hydrogen (secondary N) is 1. The van der Waals surface area contributed by atoms with Crippen LogP contribution in [0.5, 0.6) is 0 Å². The zero-order valence-corrected chi connectivity index (χ0v) is 10.6. The molecule has 0 rings (SSSR count). The molecule has 16 heavy (non-hydrogen) atoms. The van der Waals surface area contributed by atoms with Crippen LogP contribution in [0.3, 0.4) is 0 Å². The molecule has 5 nitrogen and oxygen atoms in total. The molecule has 0 aromatic carbocycles. The molecular formula is C11H22N2O3. The van der Waals surface area contributed by atoms with Gasteiger partial charge in [0.2, 0.25) is 0 Å². The van der Waals surface area contributed by atoms with Crippen LogP contribution in [-0.4, -0.2) is 43.1 Å². The second kappa shape index (κ2) is 7.96. The Bertz CT molecular complexity index is 229. The maximum Gasteiger partial charge on any atom is 0.325 e. The number of nitrogens with zero attached hydrogens (tertiary/aromatic N) is 1. The van der Waals surface area contributed by atoms with Crippen molar-refractivity contribution in [3.8, 4) is 0 Å². The zero-order chi connectivity index (χ0) is 12.6. The molecule has 0 spiro atoms. The van der Waals surface area contributed by atoms with E-state index in [0.717, 1.165) is 0 Å². The van der Waals surface area contributed by atoms with E-state index in [1.165, 1.54) is 0 Å². The van der Waals surface area contributed by atoms with Gasteiger partial charge in [0.1, 0.15) is 6.54 Å². The Morgan fingerprint density at radius 3 is 2.38 bits per heavy atom. The van der Waals surface area contributed by atoms with Gasteiger partial charge in [-0.05, 0) is 19.8 Å². The molecule has 0 aromatic heterocycles. The highest BCUT2D eigenvalue weighted by Crippen LogP contribution is 1.98. The van der Waals surface area contributed by atoms with E-state index < -0.39 is 5.97 Å². The van der Waals surface area contributed by atoms with E-state index in [1.54, 1.807) is 11.8 Å². The minimum absolute atomic E-state index is 0.0682. The molecule has 0 aliphatic carbocycles. The minimum Gasteiger partial charge on any atom is -0.465 e. The van der Waals surface area contributed by atoms with Gasteiger partial charge in [-0.25, -0.2) is 4.79 Å². The summed E-state index contributed by atoms with van der Waals surface area (Å²) in [6.07, 6.45) is 0. The molecule has 5 heteroatoms. The number of urea groups is 1. The van der Waals surface area contributed by atoms with Crippen LogP contribution in [0.15, 0.2) is 0 Å². The van der Waals surface area contributed by atoms with Gasteiger partial charge in [-0.2, -0.15) is 0 Å². The quantitative estimate of drug-likeness (QED) is 0.698. The van der Waals surface area contributed by atoms with E-state index in [2.05, 4.69) is 5.32 Å².